The highest BCUT2D eigenvalue weighted by Crippen LogP contribution is 2.51. The van der Waals surface area contributed by atoms with Crippen molar-refractivity contribution < 1.29 is 6.85 Å². The zero-order valence-electron chi connectivity index (χ0n) is 32.3. The van der Waals surface area contributed by atoms with E-state index in [4.69, 9.17) is 11.8 Å². The highest BCUT2D eigenvalue weighted by atomic mass is 15.1. The van der Waals surface area contributed by atoms with Gasteiger partial charge in [-0.05, 0) is 101 Å². The van der Waals surface area contributed by atoms with Crippen LogP contribution in [0.1, 0.15) is 6.85 Å². The van der Waals surface area contributed by atoms with Crippen LogP contribution in [-0.2, 0) is 0 Å². The van der Waals surface area contributed by atoms with Crippen molar-refractivity contribution in [3.63, 3.8) is 0 Å². The number of nitrogens with zero attached hydrogens (tertiary/aromatic N) is 2. The fourth-order valence-electron chi connectivity index (χ4n) is 8.34. The lowest BCUT2D eigenvalue weighted by atomic mass is 9.84. The topological polar surface area (TPSA) is 17.8 Å². The normalized spacial score (nSPS) is 13.3. The quantitative estimate of drug-likeness (QED) is 0.173. The molecule has 2 nitrogen and oxygen atoms in total. The fraction of sp³-hybridized carbons (Fsp3) is 0. The first-order valence-corrected chi connectivity index (χ1v) is 17.2. The van der Waals surface area contributed by atoms with E-state index >= 15 is 0 Å². The van der Waals surface area contributed by atoms with Crippen LogP contribution in [0.2, 0.25) is 0 Å². The second kappa shape index (κ2) is 10.9. The summed E-state index contributed by atoms with van der Waals surface area (Å²) in [6, 6.07) is 51.3. The first-order chi connectivity index (χ1) is 27.4. The van der Waals surface area contributed by atoms with Gasteiger partial charge in [0, 0.05) is 11.3 Å². The van der Waals surface area contributed by atoms with E-state index in [0.29, 0.717) is 16.9 Å². The smallest absolute Gasteiger partial charge is 0.145 e. The third kappa shape index (κ3) is 4.08. The van der Waals surface area contributed by atoms with Gasteiger partial charge in [-0.25, -0.2) is 4.98 Å². The summed E-state index contributed by atoms with van der Waals surface area (Å²) in [6.07, 6.45) is 0. The Morgan fingerprint density at radius 2 is 0.941 bits per heavy atom. The molecule has 236 valence electrons. The van der Waals surface area contributed by atoms with Crippen LogP contribution in [0.3, 0.4) is 0 Å². The van der Waals surface area contributed by atoms with Crippen LogP contribution in [0.25, 0.3) is 105 Å². The highest BCUT2D eigenvalue weighted by molar-refractivity contribution is 6.26. The van der Waals surface area contributed by atoms with Gasteiger partial charge in [0.25, 0.3) is 0 Å². The van der Waals surface area contributed by atoms with Gasteiger partial charge in [0.05, 0.1) is 17.9 Å². The molecule has 2 heteroatoms. The van der Waals surface area contributed by atoms with Crippen molar-refractivity contribution >= 4 is 43.4 Å². The monoisotopic (exact) mass is 651 g/mol. The summed E-state index contributed by atoms with van der Waals surface area (Å²) in [5.41, 5.74) is 11.9. The summed E-state index contributed by atoms with van der Waals surface area (Å²) in [4.78, 5) is 4.95. The van der Waals surface area contributed by atoms with Crippen LogP contribution in [0, 0.1) is 0 Å². The maximum absolute atomic E-state index is 8.80. The molecule has 51 heavy (non-hydrogen) atoms. The van der Waals surface area contributed by atoms with Gasteiger partial charge in [-0.15, -0.1) is 0 Å². The Hall–Kier alpha value is -6.77. The standard InChI is InChI=1S/C49H30N2/c1-2-13-33(14-3-1)51-45-24-11-10-23-44(45)50-49(51)32-27-25-31(26-28-32)46-37-17-6-8-19-39(37)48(40-20-9-7-18-38(40)46)43-30-29-42-35-16-5-4-15-34(35)36-21-12-22-41(43)47(36)42/h1-30H/i1D,2D,3D,13D,14D. The van der Waals surface area contributed by atoms with Crippen molar-refractivity contribution in [3.8, 4) is 61.6 Å². The summed E-state index contributed by atoms with van der Waals surface area (Å²) in [5.74, 6) is 0.496. The van der Waals surface area contributed by atoms with E-state index in [0.717, 1.165) is 27.5 Å². The number of hydrogen-bond donors (Lipinski definition) is 0. The van der Waals surface area contributed by atoms with Gasteiger partial charge < -0.3 is 0 Å². The number of aromatic nitrogens is 2. The van der Waals surface area contributed by atoms with E-state index in [2.05, 4.69) is 115 Å². The molecule has 0 saturated heterocycles. The average Bonchev–Trinajstić information content (AvgIpc) is 3.79. The van der Waals surface area contributed by atoms with Gasteiger partial charge in [-0.3, -0.25) is 4.57 Å². The predicted molar refractivity (Wildman–Crippen MR) is 214 cm³/mol. The van der Waals surface area contributed by atoms with Crippen LogP contribution in [0.15, 0.2) is 182 Å². The van der Waals surface area contributed by atoms with Crippen LogP contribution >= 0.6 is 0 Å². The Morgan fingerprint density at radius 3 is 1.65 bits per heavy atom. The van der Waals surface area contributed by atoms with Crippen molar-refractivity contribution in [3.05, 3.63) is 182 Å². The van der Waals surface area contributed by atoms with Gasteiger partial charge in [0.15, 0.2) is 0 Å². The minimum atomic E-state index is -0.427. The molecule has 0 aliphatic heterocycles. The van der Waals surface area contributed by atoms with Gasteiger partial charge in [-0.2, -0.15) is 0 Å². The molecule has 11 rings (SSSR count). The highest BCUT2D eigenvalue weighted by Gasteiger charge is 2.24. The van der Waals surface area contributed by atoms with Crippen molar-refractivity contribution in [1.82, 2.24) is 9.55 Å². The molecule has 0 N–H and O–H groups in total. The Balaban J connectivity index is 1.12. The number of benzene rings is 9. The van der Waals surface area contributed by atoms with E-state index < -0.39 is 6.04 Å². The van der Waals surface area contributed by atoms with E-state index in [1.165, 1.54) is 54.9 Å². The summed E-state index contributed by atoms with van der Waals surface area (Å²) in [7, 11) is 0. The molecule has 0 atom stereocenters. The lowest BCUT2D eigenvalue weighted by Gasteiger charge is -2.19. The maximum atomic E-state index is 8.80. The molecule has 0 radical (unpaired) electrons. The van der Waals surface area contributed by atoms with Crippen LogP contribution in [0.4, 0.5) is 0 Å². The summed E-state index contributed by atoms with van der Waals surface area (Å²) < 4.78 is 44.3. The zero-order chi connectivity index (χ0) is 37.8. The van der Waals surface area contributed by atoms with Crippen LogP contribution in [0.5, 0.6) is 0 Å². The molecule has 0 fully saturated rings. The van der Waals surface area contributed by atoms with E-state index in [1.54, 1.807) is 4.57 Å². The number of rotatable bonds is 4. The van der Waals surface area contributed by atoms with E-state index in [1.807, 2.05) is 36.4 Å². The third-order valence-corrected chi connectivity index (χ3v) is 10.5. The van der Waals surface area contributed by atoms with Crippen LogP contribution < -0.4 is 0 Å². The summed E-state index contributed by atoms with van der Waals surface area (Å²) >= 11 is 0. The number of imidazole rings is 1. The summed E-state index contributed by atoms with van der Waals surface area (Å²) in [6.45, 7) is 0. The van der Waals surface area contributed by atoms with Gasteiger partial charge in [0.2, 0.25) is 0 Å². The van der Waals surface area contributed by atoms with Gasteiger partial charge >= 0.3 is 0 Å². The van der Waals surface area contributed by atoms with Gasteiger partial charge in [-0.1, -0.05) is 158 Å². The number of hydrogen-bond acceptors (Lipinski definition) is 1. The first-order valence-electron chi connectivity index (χ1n) is 19.7. The number of para-hydroxylation sites is 3. The Morgan fingerprint density at radius 1 is 0.412 bits per heavy atom. The molecule has 1 aliphatic rings. The predicted octanol–water partition coefficient (Wildman–Crippen LogP) is 13.1. The van der Waals surface area contributed by atoms with Crippen molar-refractivity contribution in [2.45, 2.75) is 0 Å². The molecule has 1 aromatic heterocycles. The molecule has 1 heterocycles. The fourth-order valence-corrected chi connectivity index (χ4v) is 8.34. The molecule has 0 amide bonds. The molecule has 1 aliphatic carbocycles. The largest absolute Gasteiger partial charge is 0.292 e. The molecular formula is C49H30N2. The lowest BCUT2D eigenvalue weighted by molar-refractivity contribution is 1.10. The summed E-state index contributed by atoms with van der Waals surface area (Å²) in [5, 5.41) is 7.17. The molecule has 9 aromatic carbocycles. The minimum Gasteiger partial charge on any atom is -0.292 e. The number of fused-ring (bicyclic) bond motifs is 6. The molecule has 0 unspecified atom stereocenters. The molecule has 0 saturated carbocycles. The van der Waals surface area contributed by atoms with E-state index in [9.17, 15) is 0 Å². The zero-order valence-corrected chi connectivity index (χ0v) is 27.3. The average molecular weight is 652 g/mol. The second-order valence-electron chi connectivity index (χ2n) is 13.1. The van der Waals surface area contributed by atoms with E-state index in [-0.39, 0.29) is 29.9 Å². The Bertz CT molecular complexity index is 3190. The lowest BCUT2D eigenvalue weighted by Crippen LogP contribution is -1.97. The van der Waals surface area contributed by atoms with Crippen molar-refractivity contribution in [1.29, 1.82) is 0 Å². The second-order valence-corrected chi connectivity index (χ2v) is 13.1. The molecular weight excluding hydrogens is 617 g/mol. The molecule has 0 bridgehead atoms. The van der Waals surface area contributed by atoms with Gasteiger partial charge in [0.1, 0.15) is 5.82 Å². The third-order valence-electron chi connectivity index (χ3n) is 10.5. The molecule has 0 spiro atoms. The first kappa shape index (κ1) is 23.6. The Kier molecular flexibility index (Phi) is 5.02. The SMILES string of the molecule is [2H]c1c([2H])c([2H])c(-n2c(-c3ccc(-c4c5ccccc5c(-c5ccc6c7c(cccc57)-c5ccccc5-6)c5ccccc45)cc3)nc3ccccc32)c([2H])c1[2H]. The Labute approximate surface area is 302 Å². The van der Waals surface area contributed by atoms with Crippen LogP contribution in [-0.4, -0.2) is 9.55 Å². The minimum absolute atomic E-state index is 0.0725. The molecule has 10 aromatic rings. The maximum Gasteiger partial charge on any atom is 0.145 e. The van der Waals surface area contributed by atoms with Crippen molar-refractivity contribution in [2.75, 3.05) is 0 Å². The van der Waals surface area contributed by atoms with Crippen molar-refractivity contribution in [2.24, 2.45) is 0 Å².